The van der Waals surface area contributed by atoms with Crippen molar-refractivity contribution in [3.63, 3.8) is 0 Å². The number of amidine groups is 1. The highest BCUT2D eigenvalue weighted by molar-refractivity contribution is 8.19. The third-order valence-electron chi connectivity index (χ3n) is 4.99. The lowest BCUT2D eigenvalue weighted by Crippen LogP contribution is -2.28. The summed E-state index contributed by atoms with van der Waals surface area (Å²) in [6.45, 7) is 4.26. The Balaban J connectivity index is 1.56. The van der Waals surface area contributed by atoms with Gasteiger partial charge >= 0.3 is 0 Å². The van der Waals surface area contributed by atoms with Crippen LogP contribution in [0.15, 0.2) is 76.6 Å². The maximum Gasteiger partial charge on any atom is 0.271 e. The maximum absolute atomic E-state index is 13.4. The lowest BCUT2D eigenvalue weighted by Gasteiger charge is -2.16. The first-order valence-corrected chi connectivity index (χ1v) is 10.7. The van der Waals surface area contributed by atoms with Gasteiger partial charge in [-0.2, -0.15) is 0 Å². The number of hydrogen-bond acceptors (Lipinski definition) is 5. The van der Waals surface area contributed by atoms with Gasteiger partial charge in [0.1, 0.15) is 0 Å². The first kappa shape index (κ1) is 19.5. The van der Waals surface area contributed by atoms with E-state index in [2.05, 4.69) is 0 Å². The van der Waals surface area contributed by atoms with Gasteiger partial charge in [0, 0.05) is 0 Å². The molecule has 0 aliphatic carbocycles. The SMILES string of the molecule is Cc1cccc(N=C2S/C(=C/c3ccc4c(c3)OCO4)C(=O)N2c2cccc(C)c2)c1. The Morgan fingerprint density at radius 1 is 0.935 bits per heavy atom. The molecule has 1 fully saturated rings. The van der Waals surface area contributed by atoms with E-state index in [0.717, 1.165) is 33.8 Å². The predicted octanol–water partition coefficient (Wildman–Crippen LogP) is 5.84. The summed E-state index contributed by atoms with van der Waals surface area (Å²) >= 11 is 1.37. The van der Waals surface area contributed by atoms with Crippen LogP contribution < -0.4 is 14.4 Å². The van der Waals surface area contributed by atoms with E-state index in [1.54, 1.807) is 4.90 Å². The average Bonchev–Trinajstić information content (AvgIpc) is 3.32. The monoisotopic (exact) mass is 428 g/mol. The van der Waals surface area contributed by atoms with Crippen LogP contribution in [0.25, 0.3) is 6.08 Å². The average molecular weight is 429 g/mol. The normalized spacial score (nSPS) is 17.7. The van der Waals surface area contributed by atoms with Crippen LogP contribution in [0, 0.1) is 13.8 Å². The summed E-state index contributed by atoms with van der Waals surface area (Å²) in [7, 11) is 0. The Morgan fingerprint density at radius 3 is 2.52 bits per heavy atom. The van der Waals surface area contributed by atoms with E-state index in [0.29, 0.717) is 15.8 Å². The summed E-state index contributed by atoms with van der Waals surface area (Å²) < 4.78 is 10.8. The molecule has 1 amide bonds. The summed E-state index contributed by atoms with van der Waals surface area (Å²) in [6.07, 6.45) is 1.87. The van der Waals surface area contributed by atoms with Crippen molar-refractivity contribution in [1.29, 1.82) is 0 Å². The van der Waals surface area contributed by atoms with E-state index in [1.807, 2.05) is 86.7 Å². The minimum absolute atomic E-state index is 0.0975. The van der Waals surface area contributed by atoms with Gasteiger partial charge in [-0.25, -0.2) is 4.99 Å². The molecular formula is C25H20N2O3S. The highest BCUT2D eigenvalue weighted by atomic mass is 32.2. The van der Waals surface area contributed by atoms with Crippen molar-refractivity contribution in [3.05, 3.63) is 88.3 Å². The van der Waals surface area contributed by atoms with E-state index in [-0.39, 0.29) is 12.7 Å². The number of nitrogens with zero attached hydrogens (tertiary/aromatic N) is 2. The molecule has 2 heterocycles. The Labute approximate surface area is 185 Å². The van der Waals surface area contributed by atoms with Gasteiger partial charge in [-0.05, 0) is 84.8 Å². The topological polar surface area (TPSA) is 51.1 Å². The molecule has 2 aliphatic rings. The number of aryl methyl sites for hydroxylation is 2. The van der Waals surface area contributed by atoms with E-state index in [1.165, 1.54) is 11.8 Å². The first-order chi connectivity index (χ1) is 15.1. The lowest BCUT2D eigenvalue weighted by molar-refractivity contribution is -0.113. The number of anilines is 1. The highest BCUT2D eigenvalue weighted by Crippen LogP contribution is 2.39. The molecule has 0 atom stereocenters. The molecule has 6 heteroatoms. The molecule has 0 N–H and O–H groups in total. The van der Waals surface area contributed by atoms with Crippen molar-refractivity contribution >= 4 is 40.3 Å². The first-order valence-electron chi connectivity index (χ1n) is 9.92. The fraction of sp³-hybridized carbons (Fsp3) is 0.120. The van der Waals surface area contributed by atoms with Crippen molar-refractivity contribution < 1.29 is 14.3 Å². The number of fused-ring (bicyclic) bond motifs is 1. The van der Waals surface area contributed by atoms with Crippen LogP contribution in [0.3, 0.4) is 0 Å². The van der Waals surface area contributed by atoms with Crippen molar-refractivity contribution in [3.8, 4) is 11.5 Å². The molecule has 2 aliphatic heterocycles. The van der Waals surface area contributed by atoms with E-state index >= 15 is 0 Å². The number of ether oxygens (including phenoxy) is 2. The quantitative estimate of drug-likeness (QED) is 0.492. The van der Waals surface area contributed by atoms with Gasteiger partial charge in [0.25, 0.3) is 5.91 Å². The zero-order chi connectivity index (χ0) is 21.4. The number of thioether (sulfide) groups is 1. The molecule has 3 aromatic rings. The van der Waals surface area contributed by atoms with Crippen LogP contribution in [0.1, 0.15) is 16.7 Å². The van der Waals surface area contributed by atoms with Crippen molar-refractivity contribution in [2.24, 2.45) is 4.99 Å². The molecule has 5 nitrogen and oxygen atoms in total. The van der Waals surface area contributed by atoms with Crippen LogP contribution in [-0.4, -0.2) is 17.9 Å². The Kier molecular flexibility index (Phi) is 5.00. The van der Waals surface area contributed by atoms with Gasteiger partial charge < -0.3 is 9.47 Å². The molecule has 1 saturated heterocycles. The van der Waals surface area contributed by atoms with Gasteiger partial charge in [-0.3, -0.25) is 9.69 Å². The van der Waals surface area contributed by atoms with Gasteiger partial charge in [-0.1, -0.05) is 30.3 Å². The summed E-state index contributed by atoms with van der Waals surface area (Å²) in [4.78, 5) is 20.5. The number of carbonyl (C=O) groups excluding carboxylic acids is 1. The van der Waals surface area contributed by atoms with Gasteiger partial charge in [0.2, 0.25) is 6.79 Å². The highest BCUT2D eigenvalue weighted by Gasteiger charge is 2.35. The van der Waals surface area contributed by atoms with Crippen molar-refractivity contribution in [2.75, 3.05) is 11.7 Å². The Hall–Kier alpha value is -3.51. The molecule has 31 heavy (non-hydrogen) atoms. The van der Waals surface area contributed by atoms with Gasteiger partial charge in [0.05, 0.1) is 16.3 Å². The Bertz CT molecular complexity index is 1250. The molecule has 154 valence electrons. The predicted molar refractivity (Wildman–Crippen MR) is 125 cm³/mol. The molecular weight excluding hydrogens is 408 g/mol. The van der Waals surface area contributed by atoms with Crippen LogP contribution in [0.5, 0.6) is 11.5 Å². The number of aliphatic imine (C=N–C) groups is 1. The van der Waals surface area contributed by atoms with E-state index < -0.39 is 0 Å². The Morgan fingerprint density at radius 2 is 1.71 bits per heavy atom. The van der Waals surface area contributed by atoms with Crippen LogP contribution in [0.2, 0.25) is 0 Å². The molecule has 0 unspecified atom stereocenters. The lowest BCUT2D eigenvalue weighted by atomic mass is 10.1. The second-order valence-corrected chi connectivity index (χ2v) is 8.45. The van der Waals surface area contributed by atoms with E-state index in [4.69, 9.17) is 14.5 Å². The number of benzene rings is 3. The van der Waals surface area contributed by atoms with Crippen molar-refractivity contribution in [2.45, 2.75) is 13.8 Å². The van der Waals surface area contributed by atoms with Crippen molar-refractivity contribution in [1.82, 2.24) is 0 Å². The number of carbonyl (C=O) groups is 1. The summed E-state index contributed by atoms with van der Waals surface area (Å²) in [6, 6.07) is 21.5. The third-order valence-corrected chi connectivity index (χ3v) is 5.96. The molecule has 0 saturated carbocycles. The third kappa shape index (κ3) is 3.94. The maximum atomic E-state index is 13.4. The minimum atomic E-state index is -0.0975. The second-order valence-electron chi connectivity index (χ2n) is 7.44. The number of hydrogen-bond donors (Lipinski definition) is 0. The molecule has 0 aromatic heterocycles. The van der Waals surface area contributed by atoms with Gasteiger partial charge in [-0.15, -0.1) is 0 Å². The smallest absolute Gasteiger partial charge is 0.271 e. The van der Waals surface area contributed by atoms with Crippen LogP contribution in [0.4, 0.5) is 11.4 Å². The molecule has 0 radical (unpaired) electrons. The van der Waals surface area contributed by atoms with E-state index in [9.17, 15) is 4.79 Å². The zero-order valence-corrected chi connectivity index (χ0v) is 18.0. The van der Waals surface area contributed by atoms with Gasteiger partial charge in [0.15, 0.2) is 16.7 Å². The summed E-state index contributed by atoms with van der Waals surface area (Å²) in [5.74, 6) is 1.31. The zero-order valence-electron chi connectivity index (χ0n) is 17.2. The number of amides is 1. The van der Waals surface area contributed by atoms with Crippen LogP contribution in [-0.2, 0) is 4.79 Å². The fourth-order valence-electron chi connectivity index (χ4n) is 3.51. The standard InChI is InChI=1S/C25H20N2O3S/c1-16-5-3-7-19(11-16)26-25-27(20-8-4-6-17(2)12-20)24(28)23(31-25)14-18-9-10-21-22(13-18)30-15-29-21/h3-14H,15H2,1-2H3/b23-14+,26-25?. The molecule has 3 aromatic carbocycles. The summed E-state index contributed by atoms with van der Waals surface area (Å²) in [5.41, 5.74) is 4.70. The molecule has 0 spiro atoms. The fourth-order valence-corrected chi connectivity index (χ4v) is 4.51. The molecule has 5 rings (SSSR count). The van der Waals surface area contributed by atoms with Crippen LogP contribution >= 0.6 is 11.8 Å². The minimum Gasteiger partial charge on any atom is -0.454 e. The largest absolute Gasteiger partial charge is 0.454 e. The molecule has 0 bridgehead atoms. The second kappa shape index (κ2) is 7.96. The summed E-state index contributed by atoms with van der Waals surface area (Å²) in [5, 5.41) is 0.633. The number of rotatable bonds is 3.